The molecule has 0 aromatic carbocycles. The van der Waals surface area contributed by atoms with Crippen LogP contribution in [0.5, 0.6) is 0 Å². The van der Waals surface area contributed by atoms with Gasteiger partial charge in [-0.05, 0) is 19.3 Å². The summed E-state index contributed by atoms with van der Waals surface area (Å²) in [5, 5.41) is 9.34. The predicted molar refractivity (Wildman–Crippen MR) is 55.9 cm³/mol. The average Bonchev–Trinajstić information content (AvgIpc) is 2.65. The van der Waals surface area contributed by atoms with Gasteiger partial charge in [0.1, 0.15) is 0 Å². The van der Waals surface area contributed by atoms with Crippen LogP contribution in [0.3, 0.4) is 0 Å². The summed E-state index contributed by atoms with van der Waals surface area (Å²) in [6, 6.07) is 0. The summed E-state index contributed by atoms with van der Waals surface area (Å²) in [6.45, 7) is 2.02. The molecule has 0 aliphatic carbocycles. The molecule has 0 bridgehead atoms. The van der Waals surface area contributed by atoms with Gasteiger partial charge >= 0.3 is 5.97 Å². The molecule has 2 aliphatic heterocycles. The highest BCUT2D eigenvalue weighted by Crippen LogP contribution is 2.33. The molecule has 0 unspecified atom stereocenters. The van der Waals surface area contributed by atoms with Crippen molar-refractivity contribution in [2.45, 2.75) is 25.7 Å². The van der Waals surface area contributed by atoms with Crippen LogP contribution >= 0.6 is 0 Å². The van der Waals surface area contributed by atoms with Crippen molar-refractivity contribution in [1.29, 1.82) is 0 Å². The Bertz CT molecular complexity index is 296. The molecule has 5 nitrogen and oxygen atoms in total. The number of aliphatic carboxylic acids is 1. The maximum atomic E-state index is 11.5. The number of rotatable bonds is 3. The first-order valence-electron chi connectivity index (χ1n) is 5.73. The quantitative estimate of drug-likeness (QED) is 0.762. The van der Waals surface area contributed by atoms with E-state index in [0.29, 0.717) is 45.6 Å². The van der Waals surface area contributed by atoms with Gasteiger partial charge in [-0.3, -0.25) is 9.59 Å². The Kier molecular flexibility index (Phi) is 3.14. The van der Waals surface area contributed by atoms with E-state index in [2.05, 4.69) is 0 Å². The highest BCUT2D eigenvalue weighted by atomic mass is 16.5. The molecule has 0 radical (unpaired) electrons. The zero-order valence-corrected chi connectivity index (χ0v) is 9.28. The SMILES string of the molecule is O=C1CCCN1CC1(C(=O)O)CCOCC1. The monoisotopic (exact) mass is 227 g/mol. The highest BCUT2D eigenvalue weighted by Gasteiger charge is 2.43. The molecule has 0 spiro atoms. The normalized spacial score (nSPS) is 24.8. The van der Waals surface area contributed by atoms with Crippen molar-refractivity contribution in [1.82, 2.24) is 4.90 Å². The Labute approximate surface area is 94.4 Å². The Morgan fingerprint density at radius 3 is 2.62 bits per heavy atom. The lowest BCUT2D eigenvalue weighted by molar-refractivity contribution is -0.157. The number of amides is 1. The van der Waals surface area contributed by atoms with Crippen molar-refractivity contribution in [3.05, 3.63) is 0 Å². The second-order valence-electron chi connectivity index (χ2n) is 4.62. The van der Waals surface area contributed by atoms with Gasteiger partial charge in [-0.1, -0.05) is 0 Å². The largest absolute Gasteiger partial charge is 0.481 e. The van der Waals surface area contributed by atoms with Crippen LogP contribution in [-0.2, 0) is 14.3 Å². The summed E-state index contributed by atoms with van der Waals surface area (Å²) in [4.78, 5) is 24.6. The minimum Gasteiger partial charge on any atom is -0.481 e. The lowest BCUT2D eigenvalue weighted by atomic mass is 9.80. The molecule has 2 saturated heterocycles. The van der Waals surface area contributed by atoms with E-state index in [1.807, 2.05) is 0 Å². The second-order valence-corrected chi connectivity index (χ2v) is 4.62. The fourth-order valence-corrected chi connectivity index (χ4v) is 2.44. The molecule has 90 valence electrons. The maximum Gasteiger partial charge on any atom is 0.311 e. The van der Waals surface area contributed by atoms with Crippen molar-refractivity contribution in [3.63, 3.8) is 0 Å². The van der Waals surface area contributed by atoms with Crippen LogP contribution in [0, 0.1) is 5.41 Å². The molecule has 2 aliphatic rings. The Morgan fingerprint density at radius 1 is 1.44 bits per heavy atom. The van der Waals surface area contributed by atoms with Crippen LogP contribution in [0.2, 0.25) is 0 Å². The number of nitrogens with zero attached hydrogens (tertiary/aromatic N) is 1. The van der Waals surface area contributed by atoms with E-state index in [0.717, 1.165) is 6.42 Å². The summed E-state index contributed by atoms with van der Waals surface area (Å²) in [5.74, 6) is -0.706. The zero-order valence-electron chi connectivity index (χ0n) is 9.28. The van der Waals surface area contributed by atoms with Crippen LogP contribution in [-0.4, -0.2) is 48.2 Å². The summed E-state index contributed by atoms with van der Waals surface area (Å²) < 4.78 is 5.20. The number of carboxylic acid groups (broad SMARTS) is 1. The molecular formula is C11H17NO4. The van der Waals surface area contributed by atoms with Crippen molar-refractivity contribution in [2.24, 2.45) is 5.41 Å². The topological polar surface area (TPSA) is 66.8 Å². The number of carbonyl (C=O) groups excluding carboxylic acids is 1. The highest BCUT2D eigenvalue weighted by molar-refractivity contribution is 5.80. The van der Waals surface area contributed by atoms with E-state index in [9.17, 15) is 14.7 Å². The third-order valence-corrected chi connectivity index (χ3v) is 3.57. The third-order valence-electron chi connectivity index (χ3n) is 3.57. The number of ether oxygens (including phenoxy) is 1. The van der Waals surface area contributed by atoms with Gasteiger partial charge in [-0.15, -0.1) is 0 Å². The molecule has 0 aromatic heterocycles. The molecule has 5 heteroatoms. The zero-order chi connectivity index (χ0) is 11.6. The maximum absolute atomic E-state index is 11.5. The van der Waals surface area contributed by atoms with Gasteiger partial charge in [-0.25, -0.2) is 0 Å². The Balaban J connectivity index is 2.07. The first-order chi connectivity index (χ1) is 7.64. The van der Waals surface area contributed by atoms with Gasteiger partial charge in [0.15, 0.2) is 0 Å². The molecule has 0 atom stereocenters. The van der Waals surface area contributed by atoms with Gasteiger partial charge in [0.05, 0.1) is 5.41 Å². The number of likely N-dealkylation sites (tertiary alicyclic amines) is 1. The Morgan fingerprint density at radius 2 is 2.12 bits per heavy atom. The smallest absolute Gasteiger partial charge is 0.311 e. The summed E-state index contributed by atoms with van der Waals surface area (Å²) in [5.41, 5.74) is -0.780. The van der Waals surface area contributed by atoms with Crippen molar-refractivity contribution >= 4 is 11.9 Å². The summed E-state index contributed by atoms with van der Waals surface area (Å²) >= 11 is 0. The van der Waals surface area contributed by atoms with Crippen molar-refractivity contribution < 1.29 is 19.4 Å². The van der Waals surface area contributed by atoms with Crippen LogP contribution in [0.1, 0.15) is 25.7 Å². The van der Waals surface area contributed by atoms with E-state index >= 15 is 0 Å². The van der Waals surface area contributed by atoms with Crippen LogP contribution in [0.25, 0.3) is 0 Å². The first kappa shape index (κ1) is 11.4. The van der Waals surface area contributed by atoms with E-state index in [-0.39, 0.29) is 5.91 Å². The number of hydrogen-bond acceptors (Lipinski definition) is 3. The van der Waals surface area contributed by atoms with E-state index in [4.69, 9.17) is 4.74 Å². The van der Waals surface area contributed by atoms with Crippen molar-refractivity contribution in [3.8, 4) is 0 Å². The summed E-state index contributed by atoms with van der Waals surface area (Å²) in [7, 11) is 0. The molecule has 0 aromatic rings. The lowest BCUT2D eigenvalue weighted by Gasteiger charge is -2.36. The van der Waals surface area contributed by atoms with Gasteiger partial charge in [-0.2, -0.15) is 0 Å². The summed E-state index contributed by atoms with van der Waals surface area (Å²) in [6.07, 6.45) is 2.43. The number of hydrogen-bond donors (Lipinski definition) is 1. The van der Waals surface area contributed by atoms with Crippen molar-refractivity contribution in [2.75, 3.05) is 26.3 Å². The molecule has 2 heterocycles. The van der Waals surface area contributed by atoms with E-state index in [1.165, 1.54) is 0 Å². The molecule has 16 heavy (non-hydrogen) atoms. The van der Waals surface area contributed by atoms with Crippen LogP contribution in [0.15, 0.2) is 0 Å². The van der Waals surface area contributed by atoms with E-state index in [1.54, 1.807) is 4.90 Å². The standard InChI is InChI=1S/C11H17NO4/c13-9-2-1-5-12(9)8-11(10(14)15)3-6-16-7-4-11/h1-8H2,(H,14,15). The minimum absolute atomic E-state index is 0.0899. The van der Waals surface area contributed by atoms with Gasteiger partial charge in [0.25, 0.3) is 0 Å². The second kappa shape index (κ2) is 4.41. The van der Waals surface area contributed by atoms with Gasteiger partial charge in [0.2, 0.25) is 5.91 Å². The molecule has 1 N–H and O–H groups in total. The van der Waals surface area contributed by atoms with Gasteiger partial charge in [0, 0.05) is 32.7 Å². The minimum atomic E-state index is -0.796. The van der Waals surface area contributed by atoms with E-state index < -0.39 is 11.4 Å². The fraction of sp³-hybridized carbons (Fsp3) is 0.818. The number of carbonyl (C=O) groups is 2. The molecule has 0 saturated carbocycles. The first-order valence-corrected chi connectivity index (χ1v) is 5.73. The average molecular weight is 227 g/mol. The third kappa shape index (κ3) is 2.04. The predicted octanol–water partition coefficient (Wildman–Crippen LogP) is 0.490. The molecule has 1 amide bonds. The van der Waals surface area contributed by atoms with Crippen LogP contribution < -0.4 is 0 Å². The molecular weight excluding hydrogens is 210 g/mol. The molecule has 2 rings (SSSR count). The van der Waals surface area contributed by atoms with Crippen LogP contribution in [0.4, 0.5) is 0 Å². The number of carboxylic acids is 1. The van der Waals surface area contributed by atoms with Gasteiger partial charge < -0.3 is 14.7 Å². The Hall–Kier alpha value is -1.10. The molecule has 2 fully saturated rings. The fourth-order valence-electron chi connectivity index (χ4n) is 2.44. The lowest BCUT2D eigenvalue weighted by Crippen LogP contribution is -2.47.